The average Bonchev–Trinajstić information content (AvgIpc) is 3.00. The van der Waals surface area contributed by atoms with Crippen LogP contribution in [0.2, 0.25) is 0 Å². The SMILES string of the molecule is CCc1cc(C(=O)Nc2cc(-c3cnc(N4CCOCC4)nc3)c(F)cc2N2C[C@@H](C)N(C)[C@@H](C)C2)cc(C(F)(F)F)c1. The maximum Gasteiger partial charge on any atom is 0.416 e. The smallest absolute Gasteiger partial charge is 0.378 e. The summed E-state index contributed by atoms with van der Waals surface area (Å²) in [5.41, 5.74) is 0.690. The number of halogens is 4. The second-order valence-corrected chi connectivity index (χ2v) is 11.2. The van der Waals surface area contributed by atoms with E-state index < -0.39 is 23.5 Å². The molecular formula is C31H36F4N6O2. The number of piperazine rings is 1. The van der Waals surface area contributed by atoms with Crippen LogP contribution in [-0.4, -0.2) is 79.3 Å². The van der Waals surface area contributed by atoms with Gasteiger partial charge in [-0.25, -0.2) is 14.4 Å². The summed E-state index contributed by atoms with van der Waals surface area (Å²) in [4.78, 5) is 28.6. The standard InChI is InChI=1S/C31H36F4N6O2/c1-5-21-10-22(12-24(11-21)31(33,34)35)29(42)38-27-13-25(23-15-36-30(37-16-23)40-6-8-43-9-7-40)26(32)14-28(27)41-17-19(2)39(4)20(3)18-41/h10-16,19-20H,5-9,17-18H2,1-4H3,(H,38,42)/t19-,20+. The maximum atomic E-state index is 15.8. The molecule has 3 heterocycles. The van der Waals surface area contributed by atoms with Gasteiger partial charge in [0.15, 0.2) is 0 Å². The first kappa shape index (κ1) is 30.7. The van der Waals surface area contributed by atoms with Crippen molar-refractivity contribution >= 4 is 23.2 Å². The molecule has 1 N–H and O–H groups in total. The number of nitrogens with zero attached hydrogens (tertiary/aromatic N) is 5. The monoisotopic (exact) mass is 600 g/mol. The fraction of sp³-hybridized carbons (Fsp3) is 0.452. The van der Waals surface area contributed by atoms with Crippen LogP contribution in [0.5, 0.6) is 0 Å². The van der Waals surface area contributed by atoms with E-state index in [2.05, 4.69) is 34.0 Å². The van der Waals surface area contributed by atoms with Gasteiger partial charge in [0.25, 0.3) is 5.91 Å². The molecule has 2 aliphatic heterocycles. The minimum absolute atomic E-state index is 0.123. The van der Waals surface area contributed by atoms with Crippen molar-refractivity contribution in [1.29, 1.82) is 0 Å². The predicted molar refractivity (Wildman–Crippen MR) is 158 cm³/mol. The van der Waals surface area contributed by atoms with Crippen LogP contribution in [0.3, 0.4) is 0 Å². The Balaban J connectivity index is 1.53. The second-order valence-electron chi connectivity index (χ2n) is 11.2. The minimum Gasteiger partial charge on any atom is -0.378 e. The van der Waals surface area contributed by atoms with Gasteiger partial charge in [0.1, 0.15) is 5.82 Å². The van der Waals surface area contributed by atoms with Crippen LogP contribution in [0.25, 0.3) is 11.1 Å². The molecule has 2 saturated heterocycles. The molecule has 0 unspecified atom stereocenters. The van der Waals surface area contributed by atoms with E-state index in [4.69, 9.17) is 4.74 Å². The van der Waals surface area contributed by atoms with E-state index in [1.165, 1.54) is 30.6 Å². The second kappa shape index (κ2) is 12.5. The number of hydrogen-bond acceptors (Lipinski definition) is 7. The summed E-state index contributed by atoms with van der Waals surface area (Å²) in [6.07, 6.45) is -1.22. The molecule has 0 saturated carbocycles. The highest BCUT2D eigenvalue weighted by atomic mass is 19.4. The summed E-state index contributed by atoms with van der Waals surface area (Å²) in [5.74, 6) is -0.731. The number of hydrogen-bond donors (Lipinski definition) is 1. The van der Waals surface area contributed by atoms with Crippen molar-refractivity contribution in [3.8, 4) is 11.1 Å². The Morgan fingerprint density at radius 2 is 1.65 bits per heavy atom. The lowest BCUT2D eigenvalue weighted by Crippen LogP contribution is -2.55. The van der Waals surface area contributed by atoms with E-state index in [0.29, 0.717) is 68.6 Å². The number of alkyl halides is 3. The summed E-state index contributed by atoms with van der Waals surface area (Å²) < 4.78 is 62.0. The van der Waals surface area contributed by atoms with Crippen molar-refractivity contribution in [3.05, 3.63) is 65.2 Å². The third-order valence-corrected chi connectivity index (χ3v) is 8.27. The maximum absolute atomic E-state index is 15.8. The first-order valence-corrected chi connectivity index (χ1v) is 14.4. The number of morpholine rings is 1. The van der Waals surface area contributed by atoms with Crippen LogP contribution in [0.1, 0.15) is 42.3 Å². The van der Waals surface area contributed by atoms with E-state index in [1.807, 2.05) is 16.8 Å². The van der Waals surface area contributed by atoms with E-state index >= 15 is 4.39 Å². The van der Waals surface area contributed by atoms with Crippen LogP contribution in [0, 0.1) is 5.82 Å². The van der Waals surface area contributed by atoms with Crippen molar-refractivity contribution in [3.63, 3.8) is 0 Å². The van der Waals surface area contributed by atoms with E-state index in [-0.39, 0.29) is 28.9 Å². The van der Waals surface area contributed by atoms with Crippen molar-refractivity contribution in [2.24, 2.45) is 0 Å². The summed E-state index contributed by atoms with van der Waals surface area (Å²) >= 11 is 0. The van der Waals surface area contributed by atoms with Gasteiger partial charge in [-0.1, -0.05) is 6.92 Å². The molecule has 1 amide bonds. The van der Waals surface area contributed by atoms with Gasteiger partial charge in [-0.2, -0.15) is 13.2 Å². The molecule has 8 nitrogen and oxygen atoms in total. The molecule has 43 heavy (non-hydrogen) atoms. The highest BCUT2D eigenvalue weighted by Gasteiger charge is 2.32. The molecule has 5 rings (SSSR count). The fourth-order valence-electron chi connectivity index (χ4n) is 5.52. The first-order valence-electron chi connectivity index (χ1n) is 14.4. The largest absolute Gasteiger partial charge is 0.416 e. The topological polar surface area (TPSA) is 73.8 Å². The van der Waals surface area contributed by atoms with Gasteiger partial charge in [-0.15, -0.1) is 0 Å². The Bertz CT molecular complexity index is 1450. The molecular weight excluding hydrogens is 564 g/mol. The van der Waals surface area contributed by atoms with Gasteiger partial charge in [-0.3, -0.25) is 9.69 Å². The Kier molecular flexibility index (Phi) is 8.89. The number of benzene rings is 2. The molecule has 0 bridgehead atoms. The van der Waals surface area contributed by atoms with Crippen LogP contribution < -0.4 is 15.1 Å². The van der Waals surface area contributed by atoms with Crippen molar-refractivity contribution < 1.29 is 27.1 Å². The summed E-state index contributed by atoms with van der Waals surface area (Å²) in [6, 6.07) is 6.51. The zero-order valence-corrected chi connectivity index (χ0v) is 24.7. The molecule has 2 atom stereocenters. The quantitative estimate of drug-likeness (QED) is 0.376. The first-order chi connectivity index (χ1) is 20.4. The third kappa shape index (κ3) is 6.75. The van der Waals surface area contributed by atoms with E-state index in [1.54, 1.807) is 6.92 Å². The van der Waals surface area contributed by atoms with Gasteiger partial charge in [-0.05, 0) is 63.2 Å². The van der Waals surface area contributed by atoms with Gasteiger partial charge < -0.3 is 19.9 Å². The number of rotatable bonds is 6. The highest BCUT2D eigenvalue weighted by Crippen LogP contribution is 2.37. The molecule has 1 aromatic heterocycles. The van der Waals surface area contributed by atoms with E-state index in [0.717, 1.165) is 12.1 Å². The molecule has 0 aliphatic carbocycles. The summed E-state index contributed by atoms with van der Waals surface area (Å²) in [5, 5.41) is 2.80. The van der Waals surface area contributed by atoms with Crippen molar-refractivity contribution in [1.82, 2.24) is 14.9 Å². The number of anilines is 3. The Hall–Kier alpha value is -3.77. The molecule has 12 heteroatoms. The number of aryl methyl sites for hydroxylation is 1. The zero-order valence-electron chi connectivity index (χ0n) is 24.7. The third-order valence-electron chi connectivity index (χ3n) is 8.27. The van der Waals surface area contributed by atoms with Gasteiger partial charge >= 0.3 is 6.18 Å². The minimum atomic E-state index is -4.60. The van der Waals surface area contributed by atoms with Crippen LogP contribution in [0.4, 0.5) is 34.9 Å². The number of carbonyl (C=O) groups excluding carboxylic acids is 1. The number of aromatic nitrogens is 2. The van der Waals surface area contributed by atoms with Crippen LogP contribution in [-0.2, 0) is 17.3 Å². The predicted octanol–water partition coefficient (Wildman–Crippen LogP) is 5.48. The van der Waals surface area contributed by atoms with E-state index in [9.17, 15) is 18.0 Å². The lowest BCUT2D eigenvalue weighted by molar-refractivity contribution is -0.137. The number of ether oxygens (including phenoxy) is 1. The molecule has 230 valence electrons. The number of nitrogens with one attached hydrogen (secondary N) is 1. The molecule has 0 radical (unpaired) electrons. The summed E-state index contributed by atoms with van der Waals surface area (Å²) in [7, 11) is 2.03. The average molecular weight is 601 g/mol. The zero-order chi connectivity index (χ0) is 30.9. The lowest BCUT2D eigenvalue weighted by atomic mass is 10.0. The van der Waals surface area contributed by atoms with Crippen LogP contribution >= 0.6 is 0 Å². The van der Waals surface area contributed by atoms with Gasteiger partial charge in [0.2, 0.25) is 5.95 Å². The van der Waals surface area contributed by atoms with Crippen molar-refractivity contribution in [2.75, 3.05) is 61.6 Å². The number of carbonyl (C=O) groups is 1. The lowest BCUT2D eigenvalue weighted by Gasteiger charge is -2.44. The molecule has 2 fully saturated rings. The fourth-order valence-corrected chi connectivity index (χ4v) is 5.52. The molecule has 0 spiro atoms. The summed E-state index contributed by atoms with van der Waals surface area (Å²) in [6.45, 7) is 9.43. The Morgan fingerprint density at radius 3 is 2.26 bits per heavy atom. The molecule has 2 aromatic carbocycles. The Morgan fingerprint density at radius 1 is 1.00 bits per heavy atom. The highest BCUT2D eigenvalue weighted by molar-refractivity contribution is 6.06. The van der Waals surface area contributed by atoms with Gasteiger partial charge in [0, 0.05) is 67.3 Å². The van der Waals surface area contributed by atoms with Crippen molar-refractivity contribution in [2.45, 2.75) is 45.5 Å². The normalized spacial score (nSPS) is 19.9. The van der Waals surface area contributed by atoms with Gasteiger partial charge in [0.05, 0.1) is 30.2 Å². The number of amides is 1. The molecule has 3 aromatic rings. The van der Waals surface area contributed by atoms with Crippen LogP contribution in [0.15, 0.2) is 42.7 Å². The Labute approximate surface area is 248 Å². The molecule has 2 aliphatic rings. The number of likely N-dealkylation sites (N-methyl/N-ethyl adjacent to an activating group) is 1.